The van der Waals surface area contributed by atoms with Crippen LogP contribution in [0.4, 0.5) is 23.1 Å². The van der Waals surface area contributed by atoms with Gasteiger partial charge in [0.25, 0.3) is 5.56 Å². The molecule has 0 aliphatic heterocycles. The van der Waals surface area contributed by atoms with Crippen LogP contribution in [0.1, 0.15) is 5.56 Å². The van der Waals surface area contributed by atoms with E-state index < -0.39 is 20.6 Å². The molecular weight excluding hydrogens is 312 g/mol. The molecule has 0 unspecified atom stereocenters. The molecule has 0 amide bonds. The van der Waals surface area contributed by atoms with Crippen molar-refractivity contribution in [2.75, 3.05) is 11.5 Å². The van der Waals surface area contributed by atoms with Gasteiger partial charge in [0.05, 0.1) is 4.90 Å². The number of anilines is 2. The molecule has 0 spiro atoms. The molecule has 0 saturated heterocycles. The number of nitrogen functional groups attached to an aromatic ring is 2. The van der Waals surface area contributed by atoms with Gasteiger partial charge in [-0.25, -0.2) is 8.42 Å². The molecule has 0 bridgehead atoms. The number of H-pyrrole nitrogens is 1. The number of hydrogen-bond acceptors (Lipinski definition) is 9. The second-order valence-electron chi connectivity index (χ2n) is 4.31. The zero-order valence-corrected chi connectivity index (χ0v) is 12.1. The summed E-state index contributed by atoms with van der Waals surface area (Å²) >= 11 is 0. The number of nitrogens with two attached hydrogens (primary N) is 2. The Kier molecular flexibility index (Phi) is 3.93. The van der Waals surface area contributed by atoms with Crippen LogP contribution in [-0.2, 0) is 10.1 Å². The lowest BCUT2D eigenvalue weighted by atomic mass is 10.2. The fourth-order valence-electron chi connectivity index (χ4n) is 1.61. The third-order valence-corrected chi connectivity index (χ3v) is 3.45. The Bertz CT molecular complexity index is 919. The van der Waals surface area contributed by atoms with Crippen LogP contribution in [0.2, 0.25) is 0 Å². The van der Waals surface area contributed by atoms with Crippen molar-refractivity contribution >= 4 is 33.3 Å². The van der Waals surface area contributed by atoms with Gasteiger partial charge in [0, 0.05) is 0 Å². The number of nitrogens with zero attached hydrogens (tertiary/aromatic N) is 3. The van der Waals surface area contributed by atoms with Crippen LogP contribution in [0.25, 0.3) is 0 Å². The fourth-order valence-corrected chi connectivity index (χ4v) is 2.30. The molecule has 2 rings (SSSR count). The summed E-state index contributed by atoms with van der Waals surface area (Å²) in [6.07, 6.45) is 0. The van der Waals surface area contributed by atoms with E-state index in [-0.39, 0.29) is 23.1 Å². The maximum Gasteiger partial charge on any atom is 0.282 e. The van der Waals surface area contributed by atoms with Gasteiger partial charge < -0.3 is 16.0 Å². The van der Waals surface area contributed by atoms with E-state index in [1.54, 1.807) is 6.92 Å². The van der Waals surface area contributed by atoms with Crippen molar-refractivity contribution < 1.29 is 13.0 Å². The largest absolute Gasteiger partial charge is 0.744 e. The summed E-state index contributed by atoms with van der Waals surface area (Å²) in [4.78, 5) is 16.8. The van der Waals surface area contributed by atoms with Crippen LogP contribution >= 0.6 is 0 Å². The standard InChI is InChI=1S/C11H12N6O4S/c1-5-2-3-6(7(4-5)22(19,20)21)16-17-8-9(12)14-11(13)15-10(8)18/h2-4H,1H3,(H,19,20,21)(H5,12,13,14,15,18)/p-1. The summed E-state index contributed by atoms with van der Waals surface area (Å²) in [6.45, 7) is 1.61. The average molecular weight is 323 g/mol. The number of aromatic nitrogens is 2. The maximum atomic E-state index is 11.6. The highest BCUT2D eigenvalue weighted by molar-refractivity contribution is 7.86. The lowest BCUT2D eigenvalue weighted by molar-refractivity contribution is 0.463. The van der Waals surface area contributed by atoms with Crippen molar-refractivity contribution in [2.45, 2.75) is 11.8 Å². The Morgan fingerprint density at radius 1 is 1.27 bits per heavy atom. The monoisotopic (exact) mass is 323 g/mol. The molecule has 0 aliphatic carbocycles. The lowest BCUT2D eigenvalue weighted by Crippen LogP contribution is -2.12. The minimum atomic E-state index is -4.74. The Balaban J connectivity index is 2.55. The molecule has 116 valence electrons. The van der Waals surface area contributed by atoms with Crippen molar-refractivity contribution in [3.05, 3.63) is 34.1 Å². The number of rotatable bonds is 3. The zero-order valence-electron chi connectivity index (χ0n) is 11.3. The van der Waals surface area contributed by atoms with Crippen LogP contribution in [0.3, 0.4) is 0 Å². The van der Waals surface area contributed by atoms with E-state index in [0.29, 0.717) is 5.56 Å². The number of aryl methyl sites for hydroxylation is 1. The zero-order chi connectivity index (χ0) is 16.5. The molecule has 1 heterocycles. The van der Waals surface area contributed by atoms with E-state index in [2.05, 4.69) is 20.2 Å². The van der Waals surface area contributed by atoms with Crippen LogP contribution in [0, 0.1) is 6.92 Å². The smallest absolute Gasteiger partial charge is 0.282 e. The number of benzene rings is 1. The molecule has 0 saturated carbocycles. The molecule has 0 aliphatic rings. The quantitative estimate of drug-likeness (QED) is 0.545. The molecule has 0 atom stereocenters. The SMILES string of the molecule is Cc1ccc(N=Nc2c(N)nc(N)[nH]c2=O)c(S(=O)(=O)[O-])c1. The van der Waals surface area contributed by atoms with Gasteiger partial charge in [-0.15, -0.1) is 10.2 Å². The van der Waals surface area contributed by atoms with Gasteiger partial charge in [0.15, 0.2) is 11.5 Å². The molecule has 5 N–H and O–H groups in total. The number of aromatic amines is 1. The molecule has 10 nitrogen and oxygen atoms in total. The maximum absolute atomic E-state index is 11.6. The predicted octanol–water partition coefficient (Wildman–Crippen LogP) is 0.562. The van der Waals surface area contributed by atoms with Crippen molar-refractivity contribution in [1.82, 2.24) is 9.97 Å². The highest BCUT2D eigenvalue weighted by Crippen LogP contribution is 2.27. The first-order valence-electron chi connectivity index (χ1n) is 5.82. The molecule has 0 fully saturated rings. The summed E-state index contributed by atoms with van der Waals surface area (Å²) < 4.78 is 33.7. The number of nitrogens with one attached hydrogen (secondary N) is 1. The topological polar surface area (TPSA) is 180 Å². The molecule has 1 aromatic heterocycles. The number of hydrogen-bond donors (Lipinski definition) is 3. The summed E-state index contributed by atoms with van der Waals surface area (Å²) in [7, 11) is -4.74. The van der Waals surface area contributed by atoms with Crippen LogP contribution in [0.5, 0.6) is 0 Å². The van der Waals surface area contributed by atoms with E-state index in [0.717, 1.165) is 6.07 Å². The summed E-state index contributed by atoms with van der Waals surface area (Å²) in [5.74, 6) is -0.469. The minimum Gasteiger partial charge on any atom is -0.744 e. The molecule has 22 heavy (non-hydrogen) atoms. The second-order valence-corrected chi connectivity index (χ2v) is 5.66. The molecule has 2 aromatic rings. The average Bonchev–Trinajstić information content (AvgIpc) is 2.37. The first-order chi connectivity index (χ1) is 10.2. The van der Waals surface area contributed by atoms with Crippen LogP contribution in [0.15, 0.2) is 38.1 Å². The molecule has 1 aromatic carbocycles. The highest BCUT2D eigenvalue weighted by Gasteiger charge is 2.11. The van der Waals surface area contributed by atoms with Gasteiger partial charge in [-0.3, -0.25) is 9.78 Å². The van der Waals surface area contributed by atoms with E-state index in [1.807, 2.05) is 0 Å². The summed E-state index contributed by atoms with van der Waals surface area (Å²) in [5, 5.41) is 7.16. The minimum absolute atomic E-state index is 0.195. The summed E-state index contributed by atoms with van der Waals surface area (Å²) in [6, 6.07) is 3.99. The number of azo groups is 1. The van der Waals surface area contributed by atoms with E-state index in [4.69, 9.17) is 11.5 Å². The molecule has 11 heteroatoms. The third-order valence-electron chi connectivity index (χ3n) is 2.58. The van der Waals surface area contributed by atoms with E-state index >= 15 is 0 Å². The Hall–Kier alpha value is -2.79. The van der Waals surface area contributed by atoms with Gasteiger partial charge in [-0.2, -0.15) is 4.98 Å². The van der Waals surface area contributed by atoms with Gasteiger partial charge in [-0.05, 0) is 24.6 Å². The lowest BCUT2D eigenvalue weighted by Gasteiger charge is -2.10. The van der Waals surface area contributed by atoms with Gasteiger partial charge in [-0.1, -0.05) is 6.07 Å². The third kappa shape index (κ3) is 3.27. The highest BCUT2D eigenvalue weighted by atomic mass is 32.2. The molecule has 0 radical (unpaired) electrons. The predicted molar refractivity (Wildman–Crippen MR) is 77.0 cm³/mol. The van der Waals surface area contributed by atoms with Crippen molar-refractivity contribution in [3.8, 4) is 0 Å². The second kappa shape index (κ2) is 5.54. The normalized spacial score (nSPS) is 11.9. The Morgan fingerprint density at radius 2 is 1.95 bits per heavy atom. The van der Waals surface area contributed by atoms with Gasteiger partial charge in [0.2, 0.25) is 5.95 Å². The van der Waals surface area contributed by atoms with E-state index in [1.165, 1.54) is 12.1 Å². The van der Waals surface area contributed by atoms with E-state index in [9.17, 15) is 17.8 Å². The first kappa shape index (κ1) is 15.6. The molecular formula is C11H11N6O4S-. The summed E-state index contributed by atoms with van der Waals surface area (Å²) in [5.41, 5.74) is 10.0. The van der Waals surface area contributed by atoms with Crippen molar-refractivity contribution in [2.24, 2.45) is 10.2 Å². The van der Waals surface area contributed by atoms with Crippen LogP contribution in [-0.4, -0.2) is 22.9 Å². The van der Waals surface area contributed by atoms with Crippen molar-refractivity contribution in [3.63, 3.8) is 0 Å². The van der Waals surface area contributed by atoms with Gasteiger partial charge in [0.1, 0.15) is 15.8 Å². The Morgan fingerprint density at radius 3 is 2.55 bits per heavy atom. The first-order valence-corrected chi connectivity index (χ1v) is 7.23. The fraction of sp³-hybridized carbons (Fsp3) is 0.0909. The van der Waals surface area contributed by atoms with Crippen molar-refractivity contribution in [1.29, 1.82) is 0 Å². The Labute approximate surface area is 124 Å². The van der Waals surface area contributed by atoms with Crippen LogP contribution < -0.4 is 17.0 Å². The van der Waals surface area contributed by atoms with Gasteiger partial charge >= 0.3 is 0 Å².